The summed E-state index contributed by atoms with van der Waals surface area (Å²) in [6.45, 7) is -0.678. The predicted octanol–water partition coefficient (Wildman–Crippen LogP) is 1.60. The highest BCUT2D eigenvalue weighted by atomic mass is 19.1. The van der Waals surface area contributed by atoms with E-state index in [0.717, 1.165) is 6.07 Å². The molecule has 1 aromatic heterocycles. The Hall–Kier alpha value is -3.16. The van der Waals surface area contributed by atoms with Crippen molar-refractivity contribution in [2.45, 2.75) is 0 Å². The molecule has 0 bridgehead atoms. The number of amides is 2. The number of hydrogen-bond donors (Lipinski definition) is 1. The van der Waals surface area contributed by atoms with Crippen LogP contribution in [0.1, 0.15) is 20.9 Å². The Balaban J connectivity index is 1.89. The van der Waals surface area contributed by atoms with Crippen LogP contribution in [0.2, 0.25) is 0 Å². The van der Waals surface area contributed by atoms with Crippen LogP contribution in [0.3, 0.4) is 0 Å². The minimum absolute atomic E-state index is 0.0386. The first-order chi connectivity index (χ1) is 11.4. The van der Waals surface area contributed by atoms with Crippen LogP contribution in [0, 0.1) is 5.82 Å². The summed E-state index contributed by atoms with van der Waals surface area (Å²) in [5.41, 5.74) is 0.275. The third kappa shape index (κ3) is 4.19. The smallest absolute Gasteiger partial charge is 0.338 e. The molecule has 1 N–H and O–H groups in total. The number of esters is 1. The summed E-state index contributed by atoms with van der Waals surface area (Å²) in [6, 6.07) is 6.69. The molecule has 0 radical (unpaired) electrons. The molecular formula is C16H15FN2O5. The van der Waals surface area contributed by atoms with E-state index in [0.29, 0.717) is 5.69 Å². The Morgan fingerprint density at radius 3 is 2.58 bits per heavy atom. The lowest BCUT2D eigenvalue weighted by atomic mass is 10.2. The molecule has 2 amide bonds. The summed E-state index contributed by atoms with van der Waals surface area (Å²) in [5.74, 6) is -3.08. The lowest BCUT2D eigenvalue weighted by Crippen LogP contribution is -2.34. The molecule has 0 aliphatic heterocycles. The number of nitrogens with one attached hydrogen (secondary N) is 1. The van der Waals surface area contributed by atoms with Crippen molar-refractivity contribution in [2.24, 2.45) is 0 Å². The van der Waals surface area contributed by atoms with Crippen molar-refractivity contribution in [3.05, 3.63) is 53.7 Å². The van der Waals surface area contributed by atoms with Crippen molar-refractivity contribution in [3.63, 3.8) is 0 Å². The average molecular weight is 334 g/mol. The van der Waals surface area contributed by atoms with E-state index in [4.69, 9.17) is 9.15 Å². The number of halogens is 1. The first-order valence-electron chi connectivity index (χ1n) is 6.90. The molecule has 0 unspecified atom stereocenters. The van der Waals surface area contributed by atoms with Crippen LogP contribution < -0.4 is 10.2 Å². The zero-order chi connectivity index (χ0) is 17.7. The van der Waals surface area contributed by atoms with E-state index in [1.54, 1.807) is 19.0 Å². The van der Waals surface area contributed by atoms with E-state index in [2.05, 4.69) is 0 Å². The van der Waals surface area contributed by atoms with Crippen LogP contribution in [0.25, 0.3) is 0 Å². The van der Waals surface area contributed by atoms with Gasteiger partial charge in [-0.15, -0.1) is 0 Å². The molecule has 7 nitrogen and oxygen atoms in total. The van der Waals surface area contributed by atoms with Gasteiger partial charge in [0.1, 0.15) is 5.82 Å². The van der Waals surface area contributed by atoms with Crippen molar-refractivity contribution in [2.75, 3.05) is 25.6 Å². The number of rotatable bonds is 5. The number of carbonyl (C=O) groups excluding carboxylic acids is 3. The molecule has 0 atom stereocenters. The van der Waals surface area contributed by atoms with Gasteiger partial charge in [0.25, 0.3) is 11.8 Å². The topological polar surface area (TPSA) is 88.9 Å². The number of ether oxygens (including phenoxy) is 1. The van der Waals surface area contributed by atoms with Gasteiger partial charge in [-0.2, -0.15) is 0 Å². The van der Waals surface area contributed by atoms with E-state index in [9.17, 15) is 18.8 Å². The fourth-order valence-electron chi connectivity index (χ4n) is 1.84. The van der Waals surface area contributed by atoms with Crippen molar-refractivity contribution >= 4 is 23.5 Å². The molecule has 0 aliphatic rings. The Kier molecular flexibility index (Phi) is 5.31. The standard InChI is InChI=1S/C16H15FN2O5/c1-19(2)12-6-5-10(8-11(12)17)16(22)24-9-14(20)18-15(21)13-4-3-7-23-13/h3-8H,9H2,1-2H3,(H,18,20,21). The van der Waals surface area contributed by atoms with Gasteiger partial charge < -0.3 is 14.1 Å². The van der Waals surface area contributed by atoms with Crippen LogP contribution in [0.15, 0.2) is 41.0 Å². The summed E-state index contributed by atoms with van der Waals surface area (Å²) in [7, 11) is 3.33. The summed E-state index contributed by atoms with van der Waals surface area (Å²) in [4.78, 5) is 36.5. The fraction of sp³-hybridized carbons (Fsp3) is 0.188. The zero-order valence-corrected chi connectivity index (χ0v) is 13.0. The van der Waals surface area contributed by atoms with Gasteiger partial charge in [0.2, 0.25) is 0 Å². The highest BCUT2D eigenvalue weighted by Gasteiger charge is 2.16. The predicted molar refractivity (Wildman–Crippen MR) is 82.2 cm³/mol. The van der Waals surface area contributed by atoms with Gasteiger partial charge in [-0.05, 0) is 30.3 Å². The van der Waals surface area contributed by atoms with E-state index in [-0.39, 0.29) is 11.3 Å². The van der Waals surface area contributed by atoms with E-state index in [1.807, 2.05) is 5.32 Å². The minimum atomic E-state index is -0.875. The number of hydrogen-bond acceptors (Lipinski definition) is 6. The minimum Gasteiger partial charge on any atom is -0.459 e. The monoisotopic (exact) mass is 334 g/mol. The summed E-state index contributed by atoms with van der Waals surface area (Å²) in [6.07, 6.45) is 1.28. The number of anilines is 1. The van der Waals surface area contributed by atoms with Gasteiger partial charge in [0.05, 0.1) is 17.5 Å². The first kappa shape index (κ1) is 17.2. The third-order valence-corrected chi connectivity index (χ3v) is 3.00. The molecule has 0 saturated carbocycles. The van der Waals surface area contributed by atoms with Gasteiger partial charge in [0.15, 0.2) is 12.4 Å². The second kappa shape index (κ2) is 7.40. The van der Waals surface area contributed by atoms with Crippen LogP contribution in [-0.4, -0.2) is 38.5 Å². The highest BCUT2D eigenvalue weighted by molar-refractivity contribution is 6.04. The second-order valence-corrected chi connectivity index (χ2v) is 4.99. The molecule has 24 heavy (non-hydrogen) atoms. The van der Waals surface area contributed by atoms with Crippen LogP contribution >= 0.6 is 0 Å². The normalized spacial score (nSPS) is 10.1. The van der Waals surface area contributed by atoms with Crippen molar-refractivity contribution in [1.82, 2.24) is 5.32 Å². The quantitative estimate of drug-likeness (QED) is 0.836. The lowest BCUT2D eigenvalue weighted by molar-refractivity contribution is -0.123. The summed E-state index contributed by atoms with van der Waals surface area (Å²) >= 11 is 0. The molecule has 0 fully saturated rings. The fourth-order valence-corrected chi connectivity index (χ4v) is 1.84. The lowest BCUT2D eigenvalue weighted by Gasteiger charge is -2.13. The Morgan fingerprint density at radius 1 is 1.25 bits per heavy atom. The van der Waals surface area contributed by atoms with Crippen molar-refractivity contribution < 1.29 is 27.9 Å². The van der Waals surface area contributed by atoms with Gasteiger partial charge in [-0.1, -0.05) is 0 Å². The number of nitrogens with zero attached hydrogens (tertiary/aromatic N) is 1. The second-order valence-electron chi connectivity index (χ2n) is 4.99. The SMILES string of the molecule is CN(C)c1ccc(C(=O)OCC(=O)NC(=O)c2ccco2)cc1F. The maximum atomic E-state index is 13.8. The molecule has 0 spiro atoms. The Bertz CT molecular complexity index is 756. The van der Waals surface area contributed by atoms with E-state index < -0.39 is 30.2 Å². The van der Waals surface area contributed by atoms with Gasteiger partial charge in [-0.3, -0.25) is 14.9 Å². The van der Waals surface area contributed by atoms with Crippen molar-refractivity contribution in [3.8, 4) is 0 Å². The molecule has 126 valence electrons. The number of furan rings is 1. The molecule has 2 rings (SSSR count). The molecular weight excluding hydrogens is 319 g/mol. The molecule has 8 heteroatoms. The number of benzene rings is 1. The molecule has 0 aliphatic carbocycles. The zero-order valence-electron chi connectivity index (χ0n) is 13.0. The third-order valence-electron chi connectivity index (χ3n) is 3.00. The highest BCUT2D eigenvalue weighted by Crippen LogP contribution is 2.18. The number of imide groups is 1. The maximum Gasteiger partial charge on any atom is 0.338 e. The number of carbonyl (C=O) groups is 3. The first-order valence-corrected chi connectivity index (χ1v) is 6.90. The van der Waals surface area contributed by atoms with Gasteiger partial charge in [0, 0.05) is 14.1 Å². The molecule has 1 aromatic carbocycles. The maximum absolute atomic E-state index is 13.8. The largest absolute Gasteiger partial charge is 0.459 e. The summed E-state index contributed by atoms with van der Waals surface area (Å²) in [5, 5.41) is 1.99. The van der Waals surface area contributed by atoms with Crippen LogP contribution in [-0.2, 0) is 9.53 Å². The molecule has 0 saturated heterocycles. The molecule has 1 heterocycles. The van der Waals surface area contributed by atoms with Crippen LogP contribution in [0.5, 0.6) is 0 Å². The van der Waals surface area contributed by atoms with E-state index in [1.165, 1.54) is 30.5 Å². The van der Waals surface area contributed by atoms with Crippen molar-refractivity contribution in [1.29, 1.82) is 0 Å². The van der Waals surface area contributed by atoms with Gasteiger partial charge in [-0.25, -0.2) is 9.18 Å². The molecule has 2 aromatic rings. The Morgan fingerprint density at radius 2 is 2.00 bits per heavy atom. The van der Waals surface area contributed by atoms with Gasteiger partial charge >= 0.3 is 5.97 Å². The Labute approximate surface area is 137 Å². The van der Waals surface area contributed by atoms with E-state index >= 15 is 0 Å². The van der Waals surface area contributed by atoms with Crippen LogP contribution in [0.4, 0.5) is 10.1 Å². The average Bonchev–Trinajstić information content (AvgIpc) is 3.06. The summed E-state index contributed by atoms with van der Waals surface area (Å²) < 4.78 is 23.4.